The van der Waals surface area contributed by atoms with E-state index in [4.69, 9.17) is 16.0 Å². The van der Waals surface area contributed by atoms with Crippen molar-refractivity contribution in [1.29, 1.82) is 0 Å². The highest BCUT2D eigenvalue weighted by Gasteiger charge is 2.07. The normalized spacial score (nSPS) is 10.3. The van der Waals surface area contributed by atoms with E-state index in [2.05, 4.69) is 5.32 Å². The maximum absolute atomic E-state index is 11.7. The second-order valence-corrected chi connectivity index (χ2v) is 4.20. The molecule has 1 aromatic heterocycles. The van der Waals surface area contributed by atoms with E-state index in [1.807, 2.05) is 6.07 Å². The second kappa shape index (κ2) is 5.60. The fraction of sp³-hybridized carbons (Fsp3) is 0.154. The third kappa shape index (κ3) is 3.28. The molecule has 1 aromatic carbocycles. The van der Waals surface area contributed by atoms with Crippen LogP contribution < -0.4 is 5.32 Å². The molecular formula is C13H12ClNO3. The van der Waals surface area contributed by atoms with Crippen LogP contribution >= 0.6 is 11.6 Å². The Bertz CT molecular complexity index is 537. The van der Waals surface area contributed by atoms with Gasteiger partial charge >= 0.3 is 0 Å². The van der Waals surface area contributed by atoms with Gasteiger partial charge in [0.1, 0.15) is 11.5 Å². The number of carbonyl (C=O) groups excluding carboxylic acids is 1. The zero-order chi connectivity index (χ0) is 13.0. The number of rotatable bonds is 4. The Morgan fingerprint density at radius 1 is 1.39 bits per heavy atom. The summed E-state index contributed by atoms with van der Waals surface area (Å²) in [6.45, 7) is 0. The van der Waals surface area contributed by atoms with Gasteiger partial charge in [-0.3, -0.25) is 4.79 Å². The quantitative estimate of drug-likeness (QED) is 0.835. The van der Waals surface area contributed by atoms with Crippen molar-refractivity contribution >= 4 is 23.2 Å². The lowest BCUT2D eigenvalue weighted by atomic mass is 10.2. The average Bonchev–Trinajstić information content (AvgIpc) is 2.83. The van der Waals surface area contributed by atoms with Crippen LogP contribution in [-0.2, 0) is 11.2 Å². The number of phenolic OH excluding ortho intramolecular Hbond substituents is 1. The van der Waals surface area contributed by atoms with Gasteiger partial charge in [0.25, 0.3) is 0 Å². The zero-order valence-corrected chi connectivity index (χ0v) is 10.3. The minimum Gasteiger partial charge on any atom is -0.508 e. The van der Waals surface area contributed by atoms with Gasteiger partial charge in [-0.1, -0.05) is 11.6 Å². The van der Waals surface area contributed by atoms with Gasteiger partial charge in [0.2, 0.25) is 5.91 Å². The first-order valence-electron chi connectivity index (χ1n) is 5.46. The third-order valence-corrected chi connectivity index (χ3v) is 2.72. The van der Waals surface area contributed by atoms with Crippen LogP contribution in [0.3, 0.4) is 0 Å². The number of amides is 1. The van der Waals surface area contributed by atoms with Gasteiger partial charge in [-0.15, -0.1) is 0 Å². The number of nitrogens with one attached hydrogen (secondary N) is 1. The molecule has 0 saturated heterocycles. The molecule has 0 atom stereocenters. The Balaban J connectivity index is 1.91. The van der Waals surface area contributed by atoms with Crippen LogP contribution in [0.25, 0.3) is 0 Å². The van der Waals surface area contributed by atoms with Crippen molar-refractivity contribution in [3.05, 3.63) is 47.4 Å². The molecule has 0 aliphatic carbocycles. The smallest absolute Gasteiger partial charge is 0.224 e. The molecule has 94 valence electrons. The highest BCUT2D eigenvalue weighted by atomic mass is 35.5. The Kier molecular flexibility index (Phi) is 3.89. The number of furan rings is 1. The van der Waals surface area contributed by atoms with Crippen LogP contribution in [0.5, 0.6) is 5.75 Å². The monoisotopic (exact) mass is 265 g/mol. The van der Waals surface area contributed by atoms with Gasteiger partial charge in [-0.25, -0.2) is 0 Å². The van der Waals surface area contributed by atoms with Gasteiger partial charge < -0.3 is 14.8 Å². The summed E-state index contributed by atoms with van der Waals surface area (Å²) in [6.07, 6.45) is 2.42. The highest BCUT2D eigenvalue weighted by Crippen LogP contribution is 2.26. The molecule has 5 heteroatoms. The second-order valence-electron chi connectivity index (χ2n) is 3.79. The van der Waals surface area contributed by atoms with Crippen LogP contribution in [0.4, 0.5) is 5.69 Å². The van der Waals surface area contributed by atoms with E-state index < -0.39 is 0 Å². The summed E-state index contributed by atoms with van der Waals surface area (Å²) in [5.41, 5.74) is 0.485. The molecular weight excluding hydrogens is 254 g/mol. The largest absolute Gasteiger partial charge is 0.508 e. The molecule has 0 aliphatic heterocycles. The standard InChI is InChI=1S/C13H12ClNO3/c14-11-8-9(16)3-5-12(11)15-13(17)6-4-10-2-1-7-18-10/h1-3,5,7-8,16H,4,6H2,(H,15,17). The van der Waals surface area contributed by atoms with Gasteiger partial charge in [-0.05, 0) is 24.3 Å². The molecule has 4 nitrogen and oxygen atoms in total. The van der Waals surface area contributed by atoms with Crippen LogP contribution in [0.15, 0.2) is 41.0 Å². The van der Waals surface area contributed by atoms with Gasteiger partial charge in [0.05, 0.1) is 17.0 Å². The molecule has 0 spiro atoms. The summed E-state index contributed by atoms with van der Waals surface area (Å²) in [5, 5.41) is 12.2. The SMILES string of the molecule is O=C(CCc1ccco1)Nc1ccc(O)cc1Cl. The maximum Gasteiger partial charge on any atom is 0.224 e. The fourth-order valence-corrected chi connectivity index (χ4v) is 1.73. The molecule has 2 rings (SSSR count). The third-order valence-electron chi connectivity index (χ3n) is 2.41. The number of hydrogen-bond acceptors (Lipinski definition) is 3. The van der Waals surface area contributed by atoms with E-state index >= 15 is 0 Å². The lowest BCUT2D eigenvalue weighted by Gasteiger charge is -2.06. The van der Waals surface area contributed by atoms with Crippen LogP contribution in [0.1, 0.15) is 12.2 Å². The number of halogens is 1. The molecule has 0 aliphatic rings. The van der Waals surface area contributed by atoms with Crippen molar-refractivity contribution in [2.45, 2.75) is 12.8 Å². The molecule has 18 heavy (non-hydrogen) atoms. The lowest BCUT2D eigenvalue weighted by Crippen LogP contribution is -2.12. The summed E-state index contributed by atoms with van der Waals surface area (Å²) < 4.78 is 5.13. The summed E-state index contributed by atoms with van der Waals surface area (Å²) >= 11 is 5.88. The lowest BCUT2D eigenvalue weighted by molar-refractivity contribution is -0.116. The maximum atomic E-state index is 11.7. The van der Waals surface area contributed by atoms with Crippen molar-refractivity contribution in [2.24, 2.45) is 0 Å². The van der Waals surface area contributed by atoms with Crippen molar-refractivity contribution in [2.75, 3.05) is 5.32 Å². The fourth-order valence-electron chi connectivity index (χ4n) is 1.51. The molecule has 1 heterocycles. The minimum absolute atomic E-state index is 0.0635. The van der Waals surface area contributed by atoms with E-state index in [1.165, 1.54) is 12.1 Å². The zero-order valence-electron chi connectivity index (χ0n) is 9.52. The van der Waals surface area contributed by atoms with Crippen molar-refractivity contribution in [3.63, 3.8) is 0 Å². The number of aryl methyl sites for hydroxylation is 1. The summed E-state index contributed by atoms with van der Waals surface area (Å²) in [6, 6.07) is 8.01. The molecule has 0 radical (unpaired) electrons. The molecule has 2 aromatic rings. The summed E-state index contributed by atoms with van der Waals surface area (Å²) in [4.78, 5) is 11.7. The number of anilines is 1. The van der Waals surface area contributed by atoms with E-state index in [9.17, 15) is 9.90 Å². The van der Waals surface area contributed by atoms with Crippen LogP contribution in [0.2, 0.25) is 5.02 Å². The van der Waals surface area contributed by atoms with Crippen LogP contribution in [0, 0.1) is 0 Å². The Morgan fingerprint density at radius 3 is 2.89 bits per heavy atom. The predicted octanol–water partition coefficient (Wildman–Crippen LogP) is 3.21. The van der Waals surface area contributed by atoms with E-state index in [-0.39, 0.29) is 11.7 Å². The first kappa shape index (κ1) is 12.5. The average molecular weight is 266 g/mol. The van der Waals surface area contributed by atoms with E-state index in [0.717, 1.165) is 5.76 Å². The number of aromatic hydroxyl groups is 1. The van der Waals surface area contributed by atoms with E-state index in [1.54, 1.807) is 18.4 Å². The molecule has 1 amide bonds. The first-order valence-corrected chi connectivity index (χ1v) is 5.83. The molecule has 0 fully saturated rings. The van der Waals surface area contributed by atoms with Gasteiger partial charge in [0, 0.05) is 18.9 Å². The van der Waals surface area contributed by atoms with Gasteiger partial charge in [0.15, 0.2) is 0 Å². The first-order chi connectivity index (χ1) is 8.65. The Morgan fingerprint density at radius 2 is 2.22 bits per heavy atom. The number of hydrogen-bond donors (Lipinski definition) is 2. The number of carbonyl (C=O) groups is 1. The summed E-state index contributed by atoms with van der Waals surface area (Å²) in [5.74, 6) is 0.675. The van der Waals surface area contributed by atoms with E-state index in [0.29, 0.717) is 23.6 Å². The van der Waals surface area contributed by atoms with Crippen molar-refractivity contribution in [1.82, 2.24) is 0 Å². The predicted molar refractivity (Wildman–Crippen MR) is 68.8 cm³/mol. The molecule has 0 saturated carbocycles. The molecule has 0 unspecified atom stereocenters. The number of phenols is 1. The van der Waals surface area contributed by atoms with Gasteiger partial charge in [-0.2, -0.15) is 0 Å². The molecule has 0 bridgehead atoms. The number of benzene rings is 1. The Labute approximate surface area is 109 Å². The van der Waals surface area contributed by atoms with Crippen LogP contribution in [-0.4, -0.2) is 11.0 Å². The minimum atomic E-state index is -0.154. The Hall–Kier alpha value is -1.94. The highest BCUT2D eigenvalue weighted by molar-refractivity contribution is 6.33. The topological polar surface area (TPSA) is 62.5 Å². The molecule has 2 N–H and O–H groups in total. The van der Waals surface area contributed by atoms with Crippen molar-refractivity contribution < 1.29 is 14.3 Å². The summed E-state index contributed by atoms with van der Waals surface area (Å²) in [7, 11) is 0. The van der Waals surface area contributed by atoms with Crippen molar-refractivity contribution in [3.8, 4) is 5.75 Å².